The molecule has 27 heavy (non-hydrogen) atoms. The summed E-state index contributed by atoms with van der Waals surface area (Å²) in [6.45, 7) is 0. The minimum atomic E-state index is -2.59. The lowest BCUT2D eigenvalue weighted by atomic mass is 10.1. The van der Waals surface area contributed by atoms with Crippen molar-refractivity contribution in [3.05, 3.63) is 48.6 Å². The van der Waals surface area contributed by atoms with Gasteiger partial charge in [-0.25, -0.2) is 0 Å². The summed E-state index contributed by atoms with van der Waals surface area (Å²) in [5.41, 5.74) is 0. The van der Waals surface area contributed by atoms with E-state index in [0.717, 1.165) is 6.42 Å². The Bertz CT molecular complexity index is 501. The zero-order chi connectivity index (χ0) is 20.5. The SMILES string of the molecule is O=C(O)CCCC(O)C=CC=CC=CC(O)CC=CCCCCC(O)(O)O. The molecule has 0 fully saturated rings. The molecular formula is C20H32O7. The van der Waals surface area contributed by atoms with Crippen LogP contribution in [-0.2, 0) is 4.79 Å². The van der Waals surface area contributed by atoms with E-state index in [2.05, 4.69) is 0 Å². The summed E-state index contributed by atoms with van der Waals surface area (Å²) in [7, 11) is 0. The standard InChI is InChI=1S/C20H32O7/c21-17(11-6-2-1-5-9-16-20(25,26)27)12-7-3-4-8-13-18(22)14-10-15-19(23)24/h2-4,6-8,12-13,17-18,21-22,25-27H,1,5,9-11,14-16H2,(H,23,24). The number of unbranched alkanes of at least 4 members (excludes halogenated alkanes) is 2. The van der Waals surface area contributed by atoms with Gasteiger partial charge in [0.1, 0.15) is 0 Å². The van der Waals surface area contributed by atoms with Crippen molar-refractivity contribution in [2.75, 3.05) is 0 Å². The molecule has 0 aliphatic rings. The lowest BCUT2D eigenvalue weighted by molar-refractivity contribution is -0.314. The van der Waals surface area contributed by atoms with Crippen LogP contribution in [0, 0.1) is 0 Å². The van der Waals surface area contributed by atoms with Gasteiger partial charge in [-0.15, -0.1) is 0 Å². The molecule has 0 bridgehead atoms. The summed E-state index contributed by atoms with van der Waals surface area (Å²) in [4.78, 5) is 10.4. The summed E-state index contributed by atoms with van der Waals surface area (Å²) in [5, 5.41) is 54.0. The van der Waals surface area contributed by atoms with Crippen LogP contribution in [-0.4, -0.2) is 54.8 Å². The Morgan fingerprint density at radius 3 is 2.07 bits per heavy atom. The van der Waals surface area contributed by atoms with Crippen molar-refractivity contribution in [3.8, 4) is 0 Å². The van der Waals surface area contributed by atoms with Gasteiger partial charge in [0.05, 0.1) is 12.2 Å². The average molecular weight is 384 g/mol. The van der Waals surface area contributed by atoms with Crippen LogP contribution in [0.3, 0.4) is 0 Å². The second-order valence-corrected chi connectivity index (χ2v) is 6.30. The molecule has 154 valence electrons. The van der Waals surface area contributed by atoms with Gasteiger partial charge in [0.15, 0.2) is 0 Å². The third-order valence-corrected chi connectivity index (χ3v) is 3.57. The van der Waals surface area contributed by atoms with E-state index < -0.39 is 24.2 Å². The van der Waals surface area contributed by atoms with E-state index in [4.69, 9.17) is 20.4 Å². The Balaban J connectivity index is 3.82. The van der Waals surface area contributed by atoms with Gasteiger partial charge in [-0.2, -0.15) is 0 Å². The van der Waals surface area contributed by atoms with E-state index in [-0.39, 0.29) is 12.8 Å². The number of carboxylic acids is 1. The maximum absolute atomic E-state index is 10.4. The van der Waals surface area contributed by atoms with Crippen LogP contribution in [0.2, 0.25) is 0 Å². The van der Waals surface area contributed by atoms with Crippen molar-refractivity contribution in [2.24, 2.45) is 0 Å². The molecule has 0 spiro atoms. The van der Waals surface area contributed by atoms with Gasteiger partial charge < -0.3 is 30.6 Å². The largest absolute Gasteiger partial charge is 0.481 e. The number of hydrogen-bond donors (Lipinski definition) is 6. The maximum atomic E-state index is 10.4. The highest BCUT2D eigenvalue weighted by Crippen LogP contribution is 2.09. The quantitative estimate of drug-likeness (QED) is 0.109. The van der Waals surface area contributed by atoms with Crippen molar-refractivity contribution in [3.63, 3.8) is 0 Å². The van der Waals surface area contributed by atoms with Crippen molar-refractivity contribution in [1.29, 1.82) is 0 Å². The number of carbonyl (C=O) groups is 1. The van der Waals surface area contributed by atoms with Gasteiger partial charge >= 0.3 is 5.97 Å². The third kappa shape index (κ3) is 20.4. The second-order valence-electron chi connectivity index (χ2n) is 6.30. The van der Waals surface area contributed by atoms with Gasteiger partial charge in [-0.3, -0.25) is 4.79 Å². The molecule has 0 amide bonds. The molecular weight excluding hydrogens is 352 g/mol. The summed E-state index contributed by atoms with van der Waals surface area (Å²) in [5.74, 6) is -3.46. The summed E-state index contributed by atoms with van der Waals surface area (Å²) in [6.07, 6.45) is 15.6. The third-order valence-electron chi connectivity index (χ3n) is 3.57. The number of aliphatic hydroxyl groups is 5. The Labute approximate surface area is 160 Å². The van der Waals surface area contributed by atoms with Crippen LogP contribution in [0.25, 0.3) is 0 Å². The number of allylic oxidation sites excluding steroid dienone is 5. The van der Waals surface area contributed by atoms with E-state index in [9.17, 15) is 15.0 Å². The fourth-order valence-electron chi connectivity index (χ4n) is 2.13. The van der Waals surface area contributed by atoms with Crippen LogP contribution < -0.4 is 0 Å². The van der Waals surface area contributed by atoms with E-state index in [1.54, 1.807) is 36.5 Å². The number of aliphatic hydroxyl groups excluding tert-OH is 2. The van der Waals surface area contributed by atoms with Gasteiger partial charge in [0.25, 0.3) is 5.97 Å². The lowest BCUT2D eigenvalue weighted by Gasteiger charge is -2.12. The van der Waals surface area contributed by atoms with Crippen molar-refractivity contribution in [1.82, 2.24) is 0 Å². The summed E-state index contributed by atoms with van der Waals surface area (Å²) < 4.78 is 0. The van der Waals surface area contributed by atoms with E-state index in [1.165, 1.54) is 0 Å². The van der Waals surface area contributed by atoms with Gasteiger partial charge in [-0.05, 0) is 38.5 Å². The Morgan fingerprint density at radius 1 is 0.852 bits per heavy atom. The van der Waals surface area contributed by atoms with Crippen LogP contribution in [0.15, 0.2) is 48.6 Å². The van der Waals surface area contributed by atoms with Gasteiger partial charge in [0.2, 0.25) is 0 Å². The smallest absolute Gasteiger partial charge is 0.303 e. The maximum Gasteiger partial charge on any atom is 0.303 e. The number of aliphatic carboxylic acids is 1. The lowest BCUT2D eigenvalue weighted by Crippen LogP contribution is -2.26. The van der Waals surface area contributed by atoms with Crippen molar-refractivity contribution in [2.45, 2.75) is 69.5 Å². The zero-order valence-electron chi connectivity index (χ0n) is 15.5. The highest BCUT2D eigenvalue weighted by Gasteiger charge is 2.16. The molecule has 0 aliphatic heterocycles. The molecule has 0 aromatic carbocycles. The predicted octanol–water partition coefficient (Wildman–Crippen LogP) is 1.77. The minimum absolute atomic E-state index is 0.0461. The molecule has 0 heterocycles. The fraction of sp³-hybridized carbons (Fsp3) is 0.550. The van der Waals surface area contributed by atoms with Gasteiger partial charge in [0, 0.05) is 12.8 Å². The first-order valence-electron chi connectivity index (χ1n) is 9.12. The predicted molar refractivity (Wildman–Crippen MR) is 103 cm³/mol. The number of carboxylic acid groups (broad SMARTS) is 1. The molecule has 7 heteroatoms. The fourth-order valence-corrected chi connectivity index (χ4v) is 2.13. The highest BCUT2D eigenvalue weighted by molar-refractivity contribution is 5.66. The molecule has 0 radical (unpaired) electrons. The highest BCUT2D eigenvalue weighted by atomic mass is 16.7. The Hall–Kier alpha value is -1.77. The van der Waals surface area contributed by atoms with Crippen LogP contribution in [0.1, 0.15) is 51.4 Å². The van der Waals surface area contributed by atoms with Crippen LogP contribution in [0.4, 0.5) is 0 Å². The molecule has 6 N–H and O–H groups in total. The molecule has 0 aromatic heterocycles. The summed E-state index contributed by atoms with van der Waals surface area (Å²) in [6, 6.07) is 0. The molecule has 0 saturated heterocycles. The molecule has 0 aromatic rings. The molecule has 2 unspecified atom stereocenters. The molecule has 0 aliphatic carbocycles. The van der Waals surface area contributed by atoms with Crippen molar-refractivity contribution < 1.29 is 35.4 Å². The van der Waals surface area contributed by atoms with Crippen LogP contribution >= 0.6 is 0 Å². The molecule has 0 saturated carbocycles. The van der Waals surface area contributed by atoms with E-state index in [0.29, 0.717) is 32.1 Å². The first-order chi connectivity index (χ1) is 12.7. The topological polar surface area (TPSA) is 138 Å². The van der Waals surface area contributed by atoms with Gasteiger partial charge in [-0.1, -0.05) is 48.6 Å². The Morgan fingerprint density at radius 2 is 1.48 bits per heavy atom. The molecule has 7 nitrogen and oxygen atoms in total. The molecule has 2 atom stereocenters. The minimum Gasteiger partial charge on any atom is -0.481 e. The van der Waals surface area contributed by atoms with Crippen molar-refractivity contribution >= 4 is 5.97 Å². The zero-order valence-corrected chi connectivity index (χ0v) is 15.5. The normalized spacial score (nSPS) is 15.4. The Kier molecular flexibility index (Phi) is 14.3. The monoisotopic (exact) mass is 384 g/mol. The van der Waals surface area contributed by atoms with E-state index in [1.807, 2.05) is 12.2 Å². The first kappa shape index (κ1) is 25.2. The van der Waals surface area contributed by atoms with Crippen LogP contribution in [0.5, 0.6) is 0 Å². The first-order valence-corrected chi connectivity index (χ1v) is 9.12. The summed E-state index contributed by atoms with van der Waals surface area (Å²) >= 11 is 0. The second kappa shape index (κ2) is 15.3. The number of hydrogen-bond acceptors (Lipinski definition) is 6. The number of rotatable bonds is 15. The average Bonchev–Trinajstić information content (AvgIpc) is 2.55. The van der Waals surface area contributed by atoms with E-state index >= 15 is 0 Å². The molecule has 0 rings (SSSR count).